The van der Waals surface area contributed by atoms with Crippen molar-refractivity contribution < 1.29 is 9.90 Å². The molecule has 1 rings (SSSR count). The van der Waals surface area contributed by atoms with Crippen LogP contribution in [0.1, 0.15) is 35.5 Å². The Balaban J connectivity index is 2.70. The number of carbonyl (C=O) groups is 1. The minimum absolute atomic E-state index is 0.0374. The quantitative estimate of drug-likeness (QED) is 0.810. The molecule has 2 N–H and O–H groups in total. The van der Waals surface area contributed by atoms with Crippen molar-refractivity contribution in [3.05, 3.63) is 21.9 Å². The molecule has 110 valence electrons. The number of rotatable bonds is 5. The van der Waals surface area contributed by atoms with E-state index in [0.29, 0.717) is 17.8 Å². The second-order valence-corrected chi connectivity index (χ2v) is 6.24. The highest BCUT2D eigenvalue weighted by atomic mass is 32.1. The van der Waals surface area contributed by atoms with E-state index in [1.807, 2.05) is 25.5 Å². The summed E-state index contributed by atoms with van der Waals surface area (Å²) in [6, 6.07) is 1.83. The van der Waals surface area contributed by atoms with Crippen LogP contribution in [0.2, 0.25) is 0 Å². The summed E-state index contributed by atoms with van der Waals surface area (Å²) >= 11 is 1.38. The molecule has 0 atom stereocenters. The average Bonchev–Trinajstić information content (AvgIpc) is 2.84. The van der Waals surface area contributed by atoms with Gasteiger partial charge in [0.05, 0.1) is 6.61 Å². The highest BCUT2D eigenvalue weighted by Crippen LogP contribution is 2.16. The first kappa shape index (κ1) is 16.7. The SMILES string of the molecule is CN(C)C(C)(C)CNC(=O)c1sccc1C#CCCO. The maximum atomic E-state index is 12.2. The van der Waals surface area contributed by atoms with Crippen LogP contribution in [0.4, 0.5) is 0 Å². The van der Waals surface area contributed by atoms with Gasteiger partial charge in [0.25, 0.3) is 5.91 Å². The van der Waals surface area contributed by atoms with Gasteiger partial charge in [-0.2, -0.15) is 0 Å². The lowest BCUT2D eigenvalue weighted by atomic mass is 10.0. The molecule has 0 bridgehead atoms. The van der Waals surface area contributed by atoms with Crippen LogP contribution in [-0.2, 0) is 0 Å². The normalized spacial score (nSPS) is 11.1. The Hall–Kier alpha value is -1.35. The molecule has 0 saturated heterocycles. The maximum absolute atomic E-state index is 12.2. The van der Waals surface area contributed by atoms with Gasteiger partial charge in [-0.25, -0.2) is 0 Å². The molecule has 0 spiro atoms. The van der Waals surface area contributed by atoms with Crippen LogP contribution in [0.15, 0.2) is 11.4 Å². The number of hydrogen-bond donors (Lipinski definition) is 2. The van der Waals surface area contributed by atoms with Crippen LogP contribution in [0.5, 0.6) is 0 Å². The van der Waals surface area contributed by atoms with E-state index in [2.05, 4.69) is 35.9 Å². The molecule has 1 amide bonds. The average molecular weight is 294 g/mol. The van der Waals surface area contributed by atoms with Crippen LogP contribution in [-0.4, -0.2) is 48.7 Å². The van der Waals surface area contributed by atoms with Gasteiger partial charge in [0.1, 0.15) is 4.88 Å². The number of hydrogen-bond acceptors (Lipinski definition) is 4. The summed E-state index contributed by atoms with van der Waals surface area (Å²) in [5.74, 6) is 5.67. The molecule has 0 aliphatic rings. The summed E-state index contributed by atoms with van der Waals surface area (Å²) in [7, 11) is 3.98. The van der Waals surface area contributed by atoms with Crippen molar-refractivity contribution >= 4 is 17.2 Å². The summed E-state index contributed by atoms with van der Waals surface area (Å²) < 4.78 is 0. The van der Waals surface area contributed by atoms with E-state index in [-0.39, 0.29) is 18.1 Å². The molecule has 0 aliphatic carbocycles. The number of likely N-dealkylation sites (N-methyl/N-ethyl adjacent to an activating group) is 1. The standard InChI is InChI=1S/C15H22N2O2S/c1-15(2,17(3)4)11-16-14(19)13-12(8-10-20-13)7-5-6-9-18/h8,10,18H,6,9,11H2,1-4H3,(H,16,19). The molecule has 0 radical (unpaired) electrons. The zero-order chi connectivity index (χ0) is 15.2. The van der Waals surface area contributed by atoms with Crippen LogP contribution in [0, 0.1) is 11.8 Å². The molecule has 1 aromatic heterocycles. The number of nitrogens with zero attached hydrogens (tertiary/aromatic N) is 1. The van der Waals surface area contributed by atoms with Gasteiger partial charge in [-0.1, -0.05) is 11.8 Å². The molecular weight excluding hydrogens is 272 g/mol. The summed E-state index contributed by atoms with van der Waals surface area (Å²) in [4.78, 5) is 14.9. The highest BCUT2D eigenvalue weighted by molar-refractivity contribution is 7.12. The number of thiophene rings is 1. The van der Waals surface area contributed by atoms with E-state index >= 15 is 0 Å². The van der Waals surface area contributed by atoms with Gasteiger partial charge in [-0.05, 0) is 39.4 Å². The van der Waals surface area contributed by atoms with Gasteiger partial charge in [0.2, 0.25) is 0 Å². The molecular formula is C15H22N2O2S. The highest BCUT2D eigenvalue weighted by Gasteiger charge is 2.22. The first-order chi connectivity index (χ1) is 9.38. The molecule has 0 fully saturated rings. The number of carbonyl (C=O) groups excluding carboxylic acids is 1. The van der Waals surface area contributed by atoms with Crippen molar-refractivity contribution in [1.29, 1.82) is 0 Å². The third-order valence-electron chi connectivity index (χ3n) is 3.22. The molecule has 4 nitrogen and oxygen atoms in total. The predicted octanol–water partition coefficient (Wildman–Crippen LogP) is 1.55. The van der Waals surface area contributed by atoms with E-state index in [0.717, 1.165) is 5.56 Å². The van der Waals surface area contributed by atoms with Gasteiger partial charge in [0.15, 0.2) is 0 Å². The van der Waals surface area contributed by atoms with E-state index in [4.69, 9.17) is 5.11 Å². The number of nitrogens with one attached hydrogen (secondary N) is 1. The molecule has 0 aliphatic heterocycles. The van der Waals surface area contributed by atoms with Crippen molar-refractivity contribution in [3.63, 3.8) is 0 Å². The fourth-order valence-corrected chi connectivity index (χ4v) is 2.10. The van der Waals surface area contributed by atoms with Crippen molar-refractivity contribution in [2.75, 3.05) is 27.2 Å². The Kier molecular flexibility index (Phi) is 6.21. The minimum Gasteiger partial charge on any atom is -0.395 e. The summed E-state index contributed by atoms with van der Waals surface area (Å²) in [5, 5.41) is 13.5. The molecule has 0 saturated carbocycles. The zero-order valence-electron chi connectivity index (χ0n) is 12.5. The Labute approximate surface area is 124 Å². The second-order valence-electron chi connectivity index (χ2n) is 5.33. The van der Waals surface area contributed by atoms with Crippen LogP contribution in [0.3, 0.4) is 0 Å². The molecule has 5 heteroatoms. The Morgan fingerprint density at radius 2 is 2.20 bits per heavy atom. The molecule has 1 aromatic rings. The van der Waals surface area contributed by atoms with E-state index in [9.17, 15) is 4.79 Å². The lowest BCUT2D eigenvalue weighted by Crippen LogP contribution is -2.48. The number of aliphatic hydroxyl groups is 1. The van der Waals surface area contributed by atoms with E-state index in [1.54, 1.807) is 0 Å². The second kappa shape index (κ2) is 7.44. The van der Waals surface area contributed by atoms with Crippen LogP contribution >= 0.6 is 11.3 Å². The Morgan fingerprint density at radius 1 is 1.50 bits per heavy atom. The van der Waals surface area contributed by atoms with Crippen LogP contribution < -0.4 is 5.32 Å². The lowest BCUT2D eigenvalue weighted by Gasteiger charge is -2.32. The van der Waals surface area contributed by atoms with Gasteiger partial charge in [-0.15, -0.1) is 11.3 Å². The minimum atomic E-state index is -0.102. The number of aliphatic hydroxyl groups excluding tert-OH is 1. The summed E-state index contributed by atoms with van der Waals surface area (Å²) in [5.41, 5.74) is 0.624. The first-order valence-corrected chi connectivity index (χ1v) is 7.39. The van der Waals surface area contributed by atoms with E-state index in [1.165, 1.54) is 11.3 Å². The Bertz CT molecular complexity index is 509. The lowest BCUT2D eigenvalue weighted by molar-refractivity contribution is 0.0923. The predicted molar refractivity (Wildman–Crippen MR) is 83.0 cm³/mol. The topological polar surface area (TPSA) is 52.6 Å². The smallest absolute Gasteiger partial charge is 0.262 e. The van der Waals surface area contributed by atoms with Gasteiger partial charge >= 0.3 is 0 Å². The zero-order valence-corrected chi connectivity index (χ0v) is 13.3. The molecule has 0 unspecified atom stereocenters. The summed E-state index contributed by atoms with van der Waals surface area (Å²) in [6.45, 7) is 4.75. The maximum Gasteiger partial charge on any atom is 0.262 e. The fraction of sp³-hybridized carbons (Fsp3) is 0.533. The fourth-order valence-electron chi connectivity index (χ4n) is 1.33. The van der Waals surface area contributed by atoms with Gasteiger partial charge < -0.3 is 15.3 Å². The molecule has 20 heavy (non-hydrogen) atoms. The van der Waals surface area contributed by atoms with Crippen molar-refractivity contribution in [3.8, 4) is 11.8 Å². The van der Waals surface area contributed by atoms with E-state index < -0.39 is 0 Å². The van der Waals surface area contributed by atoms with Gasteiger partial charge in [-0.3, -0.25) is 4.79 Å². The largest absolute Gasteiger partial charge is 0.395 e. The monoisotopic (exact) mass is 294 g/mol. The van der Waals surface area contributed by atoms with Gasteiger partial charge in [0, 0.05) is 24.1 Å². The summed E-state index contributed by atoms with van der Waals surface area (Å²) in [6.07, 6.45) is 0.421. The third-order valence-corrected chi connectivity index (χ3v) is 4.14. The molecule has 1 heterocycles. The Morgan fingerprint density at radius 3 is 2.80 bits per heavy atom. The number of amides is 1. The first-order valence-electron chi connectivity index (χ1n) is 6.51. The van der Waals surface area contributed by atoms with Crippen LogP contribution in [0.25, 0.3) is 0 Å². The van der Waals surface area contributed by atoms with Crippen molar-refractivity contribution in [2.24, 2.45) is 0 Å². The third kappa shape index (κ3) is 4.64. The van der Waals surface area contributed by atoms with Crippen molar-refractivity contribution in [1.82, 2.24) is 10.2 Å². The van der Waals surface area contributed by atoms with Crippen molar-refractivity contribution in [2.45, 2.75) is 25.8 Å². The molecule has 0 aromatic carbocycles.